The molecule has 2 aliphatic rings. The summed E-state index contributed by atoms with van der Waals surface area (Å²) in [5.74, 6) is -0.209. The fraction of sp³-hybridized carbons (Fsp3) is 0.400. The smallest absolute Gasteiger partial charge is 0.251 e. The Labute approximate surface area is 169 Å². The first kappa shape index (κ1) is 19.7. The summed E-state index contributed by atoms with van der Waals surface area (Å²) in [6, 6.07) is 9.82. The van der Waals surface area contributed by atoms with Crippen LogP contribution in [-0.2, 0) is 14.8 Å². The van der Waals surface area contributed by atoms with Crippen molar-refractivity contribution in [2.24, 2.45) is 0 Å². The molecular weight excluding hydrogens is 394 g/mol. The van der Waals surface area contributed by atoms with E-state index in [2.05, 4.69) is 10.2 Å². The van der Waals surface area contributed by atoms with E-state index in [1.807, 2.05) is 12.1 Å². The van der Waals surface area contributed by atoms with E-state index in [0.717, 1.165) is 36.0 Å². The summed E-state index contributed by atoms with van der Waals surface area (Å²) < 4.78 is 30.6. The molecule has 0 bridgehead atoms. The zero-order valence-electron chi connectivity index (χ0n) is 15.9. The number of carbonyl (C=O) groups excluding carboxylic acids is 2. The maximum Gasteiger partial charge on any atom is 0.251 e. The van der Waals surface area contributed by atoms with Crippen molar-refractivity contribution in [3.63, 3.8) is 0 Å². The summed E-state index contributed by atoms with van der Waals surface area (Å²) in [6.07, 6.45) is 3.81. The average Bonchev–Trinajstić information content (AvgIpc) is 3.45. The fourth-order valence-electron chi connectivity index (χ4n) is 3.88. The molecule has 154 valence electrons. The Morgan fingerprint density at radius 2 is 1.97 bits per heavy atom. The summed E-state index contributed by atoms with van der Waals surface area (Å²) in [7, 11) is -3.67. The molecule has 9 heteroatoms. The minimum atomic E-state index is -3.67. The topological polar surface area (TPSA) is 99.9 Å². The van der Waals surface area contributed by atoms with E-state index in [-0.39, 0.29) is 29.8 Å². The lowest BCUT2D eigenvalue weighted by Gasteiger charge is -2.26. The van der Waals surface area contributed by atoms with Gasteiger partial charge in [0, 0.05) is 18.5 Å². The molecule has 3 heterocycles. The molecular formula is C20H23N3O5S. The fourth-order valence-corrected chi connectivity index (χ4v) is 5.33. The van der Waals surface area contributed by atoms with Gasteiger partial charge in [-0.3, -0.25) is 14.5 Å². The van der Waals surface area contributed by atoms with Gasteiger partial charge in [-0.15, -0.1) is 0 Å². The van der Waals surface area contributed by atoms with Gasteiger partial charge in [-0.05, 0) is 56.3 Å². The predicted octanol–water partition coefficient (Wildman–Crippen LogP) is 1.91. The molecule has 1 atom stereocenters. The first-order valence-corrected chi connectivity index (χ1v) is 11.3. The van der Waals surface area contributed by atoms with E-state index in [1.54, 1.807) is 18.4 Å². The molecule has 2 aliphatic heterocycles. The van der Waals surface area contributed by atoms with Crippen LogP contribution in [0.1, 0.15) is 41.4 Å². The Kier molecular flexibility index (Phi) is 5.42. The van der Waals surface area contributed by atoms with Crippen LogP contribution in [0.2, 0.25) is 0 Å². The minimum Gasteiger partial charge on any atom is -0.468 e. The molecule has 1 N–H and O–H groups in total. The summed E-state index contributed by atoms with van der Waals surface area (Å²) in [5.41, 5.74) is 0.499. The van der Waals surface area contributed by atoms with Crippen LogP contribution < -0.4 is 9.62 Å². The number of benzene rings is 1. The van der Waals surface area contributed by atoms with Gasteiger partial charge < -0.3 is 9.73 Å². The predicted molar refractivity (Wildman–Crippen MR) is 107 cm³/mol. The van der Waals surface area contributed by atoms with E-state index in [1.165, 1.54) is 12.1 Å². The number of rotatable bonds is 6. The highest BCUT2D eigenvalue weighted by Gasteiger charge is 2.36. The highest BCUT2D eigenvalue weighted by Crippen LogP contribution is 2.27. The number of furan rings is 1. The second-order valence-electron chi connectivity index (χ2n) is 7.26. The molecule has 4 rings (SSSR count). The first-order chi connectivity index (χ1) is 14.0. The van der Waals surface area contributed by atoms with Crippen LogP contribution in [0.25, 0.3) is 0 Å². The van der Waals surface area contributed by atoms with E-state index in [9.17, 15) is 18.0 Å². The van der Waals surface area contributed by atoms with Crippen molar-refractivity contribution in [3.05, 3.63) is 54.0 Å². The Balaban J connectivity index is 1.49. The molecule has 1 unspecified atom stereocenters. The molecule has 2 saturated heterocycles. The molecule has 0 saturated carbocycles. The quantitative estimate of drug-likeness (QED) is 0.771. The Bertz CT molecular complexity index is 997. The molecule has 8 nitrogen and oxygen atoms in total. The lowest BCUT2D eigenvalue weighted by atomic mass is 10.1. The number of likely N-dealkylation sites (tertiary alicyclic amines) is 1. The van der Waals surface area contributed by atoms with E-state index in [0.29, 0.717) is 12.1 Å². The van der Waals surface area contributed by atoms with Gasteiger partial charge in [0.25, 0.3) is 5.91 Å². The van der Waals surface area contributed by atoms with Gasteiger partial charge in [0.05, 0.1) is 23.7 Å². The lowest BCUT2D eigenvalue weighted by molar-refractivity contribution is -0.116. The van der Waals surface area contributed by atoms with Crippen molar-refractivity contribution in [2.75, 3.05) is 29.7 Å². The van der Waals surface area contributed by atoms with Gasteiger partial charge in [0.1, 0.15) is 5.76 Å². The molecule has 1 aromatic heterocycles. The van der Waals surface area contributed by atoms with Crippen LogP contribution in [0.4, 0.5) is 5.69 Å². The maximum atomic E-state index is 12.7. The molecule has 29 heavy (non-hydrogen) atoms. The van der Waals surface area contributed by atoms with Crippen molar-refractivity contribution < 1.29 is 22.4 Å². The minimum absolute atomic E-state index is 0.0422. The standard InChI is InChI=1S/C20H23N3O5S/c24-19-8-12-29(26,27)23(19)16-6-3-5-15(13-16)20(25)21-14-17(18-7-4-11-28-18)22-9-1-2-10-22/h3-7,11,13,17H,1-2,8-10,12,14H2,(H,21,25). The number of nitrogens with zero attached hydrogens (tertiary/aromatic N) is 2. The number of hydrogen-bond donors (Lipinski definition) is 1. The average molecular weight is 417 g/mol. The highest BCUT2D eigenvalue weighted by molar-refractivity contribution is 7.94. The van der Waals surface area contributed by atoms with Gasteiger partial charge >= 0.3 is 0 Å². The van der Waals surface area contributed by atoms with Gasteiger partial charge in [-0.2, -0.15) is 0 Å². The second kappa shape index (κ2) is 8.00. The number of amides is 2. The molecule has 2 fully saturated rings. The third-order valence-corrected chi connectivity index (χ3v) is 7.02. The van der Waals surface area contributed by atoms with Crippen LogP contribution >= 0.6 is 0 Å². The molecule has 2 amide bonds. The molecule has 2 aromatic rings. The lowest BCUT2D eigenvalue weighted by Crippen LogP contribution is -2.36. The van der Waals surface area contributed by atoms with Crippen molar-refractivity contribution in [2.45, 2.75) is 25.3 Å². The van der Waals surface area contributed by atoms with Crippen LogP contribution in [0.15, 0.2) is 47.1 Å². The third-order valence-electron chi connectivity index (χ3n) is 5.33. The molecule has 0 aliphatic carbocycles. The Hall–Kier alpha value is -2.65. The van der Waals surface area contributed by atoms with Crippen molar-refractivity contribution in [3.8, 4) is 0 Å². The largest absolute Gasteiger partial charge is 0.468 e. The van der Waals surface area contributed by atoms with Gasteiger partial charge in [-0.25, -0.2) is 12.7 Å². The molecule has 0 spiro atoms. The summed E-state index contributed by atoms with van der Waals surface area (Å²) >= 11 is 0. The SMILES string of the molecule is O=C(NCC(c1ccco1)N1CCCC1)c1cccc(N2C(=O)CCS2(=O)=O)c1. The summed E-state index contributed by atoms with van der Waals surface area (Å²) in [6.45, 7) is 2.27. The van der Waals surface area contributed by atoms with Crippen molar-refractivity contribution in [1.82, 2.24) is 10.2 Å². The maximum absolute atomic E-state index is 12.7. The van der Waals surface area contributed by atoms with Crippen molar-refractivity contribution in [1.29, 1.82) is 0 Å². The van der Waals surface area contributed by atoms with Gasteiger partial charge in [0.2, 0.25) is 15.9 Å². The van der Waals surface area contributed by atoms with Crippen LogP contribution in [0.5, 0.6) is 0 Å². The number of nitrogens with one attached hydrogen (secondary N) is 1. The first-order valence-electron chi connectivity index (χ1n) is 9.67. The number of hydrogen-bond acceptors (Lipinski definition) is 6. The van der Waals surface area contributed by atoms with Crippen LogP contribution in [0.3, 0.4) is 0 Å². The number of carbonyl (C=O) groups is 2. The van der Waals surface area contributed by atoms with E-state index in [4.69, 9.17) is 4.42 Å². The Morgan fingerprint density at radius 3 is 2.62 bits per heavy atom. The number of sulfonamides is 1. The summed E-state index contributed by atoms with van der Waals surface area (Å²) in [4.78, 5) is 27.0. The number of anilines is 1. The zero-order valence-corrected chi connectivity index (χ0v) is 16.7. The highest BCUT2D eigenvalue weighted by atomic mass is 32.2. The van der Waals surface area contributed by atoms with E-state index < -0.39 is 15.9 Å². The Morgan fingerprint density at radius 1 is 1.17 bits per heavy atom. The molecule has 1 aromatic carbocycles. The zero-order chi connectivity index (χ0) is 20.4. The van der Waals surface area contributed by atoms with E-state index >= 15 is 0 Å². The van der Waals surface area contributed by atoms with Gasteiger partial charge in [-0.1, -0.05) is 6.07 Å². The second-order valence-corrected chi connectivity index (χ2v) is 9.20. The normalized spacial score (nSPS) is 20.1. The molecule has 0 radical (unpaired) electrons. The summed E-state index contributed by atoms with van der Waals surface area (Å²) in [5, 5.41) is 2.92. The van der Waals surface area contributed by atoms with Crippen molar-refractivity contribution >= 4 is 27.5 Å². The van der Waals surface area contributed by atoms with Crippen LogP contribution in [0, 0.1) is 0 Å². The van der Waals surface area contributed by atoms with Gasteiger partial charge in [0.15, 0.2) is 0 Å². The third kappa shape index (κ3) is 4.06. The monoisotopic (exact) mass is 417 g/mol. The van der Waals surface area contributed by atoms with Crippen LogP contribution in [-0.4, -0.2) is 50.5 Å².